The van der Waals surface area contributed by atoms with E-state index in [-0.39, 0.29) is 0 Å². The van der Waals surface area contributed by atoms with Gasteiger partial charge in [-0.15, -0.1) is 0 Å². The van der Waals surface area contributed by atoms with Crippen molar-refractivity contribution in [2.45, 2.75) is 13.0 Å². The van der Waals surface area contributed by atoms with Gasteiger partial charge in [-0.2, -0.15) is 5.10 Å². The first-order valence-electron chi connectivity index (χ1n) is 8.17. The van der Waals surface area contributed by atoms with Gasteiger partial charge in [-0.1, -0.05) is 6.07 Å². The van der Waals surface area contributed by atoms with Crippen LogP contribution in [0.15, 0.2) is 36.5 Å². The molecule has 2 unspecified atom stereocenters. The van der Waals surface area contributed by atoms with Crippen molar-refractivity contribution in [1.29, 1.82) is 0 Å². The number of fused-ring (bicyclic) bond motifs is 2. The molecule has 2 aromatic heterocycles. The number of anilines is 1. The molecule has 0 amide bonds. The summed E-state index contributed by atoms with van der Waals surface area (Å²) >= 11 is 0. The molecule has 0 bridgehead atoms. The van der Waals surface area contributed by atoms with E-state index in [9.17, 15) is 0 Å². The van der Waals surface area contributed by atoms with Crippen molar-refractivity contribution in [3.05, 3.63) is 42.2 Å². The minimum Gasteiger partial charge on any atom is -0.355 e. The maximum atomic E-state index is 4.70. The third kappa shape index (κ3) is 2.04. The second-order valence-corrected chi connectivity index (χ2v) is 6.65. The summed E-state index contributed by atoms with van der Waals surface area (Å²) in [6.07, 6.45) is 1.99. The van der Waals surface area contributed by atoms with Crippen LogP contribution in [-0.2, 0) is 0 Å². The summed E-state index contributed by atoms with van der Waals surface area (Å²) < 4.78 is 0. The molecule has 5 heteroatoms. The van der Waals surface area contributed by atoms with Crippen LogP contribution in [-0.4, -0.2) is 40.9 Å². The molecule has 0 saturated carbocycles. The summed E-state index contributed by atoms with van der Waals surface area (Å²) in [6, 6.07) is 11.4. The minimum absolute atomic E-state index is 0.669. The molecule has 116 valence electrons. The summed E-state index contributed by atoms with van der Waals surface area (Å²) in [5.74, 6) is 1.90. The van der Waals surface area contributed by atoms with E-state index in [1.165, 1.54) is 10.9 Å². The minimum atomic E-state index is 0.669. The molecule has 5 rings (SSSR count). The Kier molecular flexibility index (Phi) is 2.73. The van der Waals surface area contributed by atoms with Gasteiger partial charge in [-0.3, -0.25) is 5.10 Å². The highest BCUT2D eigenvalue weighted by Gasteiger charge is 2.39. The van der Waals surface area contributed by atoms with Crippen LogP contribution in [0.25, 0.3) is 22.0 Å². The summed E-state index contributed by atoms with van der Waals surface area (Å²) in [7, 11) is 0. The highest BCUT2D eigenvalue weighted by atomic mass is 15.3. The molecule has 2 aliphatic heterocycles. The Morgan fingerprint density at radius 1 is 1.13 bits per heavy atom. The Balaban J connectivity index is 1.45. The lowest BCUT2D eigenvalue weighted by Gasteiger charge is -2.29. The lowest BCUT2D eigenvalue weighted by atomic mass is 9.96. The van der Waals surface area contributed by atoms with Crippen LogP contribution in [0.3, 0.4) is 0 Å². The van der Waals surface area contributed by atoms with Crippen molar-refractivity contribution in [3.63, 3.8) is 0 Å². The quantitative estimate of drug-likeness (QED) is 0.763. The second kappa shape index (κ2) is 4.80. The van der Waals surface area contributed by atoms with E-state index in [0.717, 1.165) is 48.1 Å². The number of pyridine rings is 1. The van der Waals surface area contributed by atoms with Gasteiger partial charge in [-0.05, 0) is 36.8 Å². The lowest BCUT2D eigenvalue weighted by Crippen LogP contribution is -2.51. The molecule has 5 nitrogen and oxygen atoms in total. The number of hydrogen-bond acceptors (Lipinski definition) is 4. The molecule has 0 aliphatic carbocycles. The summed E-state index contributed by atoms with van der Waals surface area (Å²) in [5, 5.41) is 12.0. The average molecular weight is 305 g/mol. The lowest BCUT2D eigenvalue weighted by molar-refractivity contribution is 0.297. The maximum Gasteiger partial charge on any atom is 0.128 e. The van der Waals surface area contributed by atoms with Crippen molar-refractivity contribution in [2.75, 3.05) is 24.5 Å². The molecule has 1 aromatic carbocycles. The number of rotatable bonds is 2. The van der Waals surface area contributed by atoms with Crippen LogP contribution in [0.1, 0.15) is 5.69 Å². The second-order valence-electron chi connectivity index (χ2n) is 6.65. The molecule has 3 aromatic rings. The number of benzene rings is 1. The fraction of sp³-hybridized carbons (Fsp3) is 0.333. The Morgan fingerprint density at radius 2 is 2.04 bits per heavy atom. The van der Waals surface area contributed by atoms with Gasteiger partial charge in [0.2, 0.25) is 0 Å². The Labute approximate surface area is 134 Å². The molecule has 2 N–H and O–H groups in total. The fourth-order valence-corrected chi connectivity index (χ4v) is 3.71. The van der Waals surface area contributed by atoms with Gasteiger partial charge in [0.05, 0.1) is 11.2 Å². The topological polar surface area (TPSA) is 56.8 Å². The van der Waals surface area contributed by atoms with E-state index >= 15 is 0 Å². The molecule has 4 heterocycles. The summed E-state index contributed by atoms with van der Waals surface area (Å²) in [4.78, 5) is 7.09. The van der Waals surface area contributed by atoms with Crippen LogP contribution in [0, 0.1) is 12.8 Å². The van der Waals surface area contributed by atoms with Crippen LogP contribution in [0.4, 0.5) is 5.82 Å². The number of hydrogen-bond donors (Lipinski definition) is 2. The third-order valence-electron chi connectivity index (χ3n) is 5.24. The van der Waals surface area contributed by atoms with Gasteiger partial charge in [0.15, 0.2) is 0 Å². The Bertz CT molecular complexity index is 855. The summed E-state index contributed by atoms with van der Waals surface area (Å²) in [6.45, 7) is 5.39. The third-order valence-corrected chi connectivity index (χ3v) is 5.24. The predicted molar refractivity (Wildman–Crippen MR) is 91.6 cm³/mol. The monoisotopic (exact) mass is 305 g/mol. The Hall–Kier alpha value is -2.40. The number of aromatic amines is 1. The van der Waals surface area contributed by atoms with E-state index in [4.69, 9.17) is 4.98 Å². The molecule has 2 atom stereocenters. The van der Waals surface area contributed by atoms with E-state index in [1.54, 1.807) is 0 Å². The average Bonchev–Trinajstić information content (AvgIpc) is 3.08. The van der Waals surface area contributed by atoms with Crippen LogP contribution >= 0.6 is 0 Å². The van der Waals surface area contributed by atoms with Crippen molar-refractivity contribution < 1.29 is 0 Å². The first-order valence-corrected chi connectivity index (χ1v) is 8.17. The Morgan fingerprint density at radius 3 is 2.74 bits per heavy atom. The number of aryl methyl sites for hydroxylation is 1. The van der Waals surface area contributed by atoms with Gasteiger partial charge >= 0.3 is 0 Å². The van der Waals surface area contributed by atoms with Gasteiger partial charge in [0.25, 0.3) is 0 Å². The van der Waals surface area contributed by atoms with E-state index in [1.807, 2.05) is 13.1 Å². The molecule has 2 aliphatic rings. The SMILES string of the molecule is Cc1n[nH]c2ccc(-c3ccc(N4CC5CNC5C4)nc3)cc12. The van der Waals surface area contributed by atoms with Crippen LogP contribution < -0.4 is 10.2 Å². The molecule has 2 fully saturated rings. The molecule has 23 heavy (non-hydrogen) atoms. The normalized spacial score (nSPS) is 23.1. The van der Waals surface area contributed by atoms with E-state index in [0.29, 0.717) is 6.04 Å². The zero-order valence-electron chi connectivity index (χ0n) is 13.1. The number of aromatic nitrogens is 3. The van der Waals surface area contributed by atoms with Crippen LogP contribution in [0.2, 0.25) is 0 Å². The van der Waals surface area contributed by atoms with Crippen molar-refractivity contribution >= 4 is 16.7 Å². The smallest absolute Gasteiger partial charge is 0.128 e. The van der Waals surface area contributed by atoms with Gasteiger partial charge < -0.3 is 10.2 Å². The first kappa shape index (κ1) is 13.1. The number of nitrogens with one attached hydrogen (secondary N) is 2. The zero-order chi connectivity index (χ0) is 15.4. The van der Waals surface area contributed by atoms with Crippen LogP contribution in [0.5, 0.6) is 0 Å². The molecule has 2 saturated heterocycles. The fourth-order valence-electron chi connectivity index (χ4n) is 3.71. The molecular weight excluding hydrogens is 286 g/mol. The molecule has 0 radical (unpaired) electrons. The van der Waals surface area contributed by atoms with E-state index < -0.39 is 0 Å². The highest BCUT2D eigenvalue weighted by molar-refractivity contribution is 5.86. The van der Waals surface area contributed by atoms with Gasteiger partial charge in [0, 0.05) is 48.7 Å². The zero-order valence-corrected chi connectivity index (χ0v) is 13.1. The van der Waals surface area contributed by atoms with E-state index in [2.05, 4.69) is 50.7 Å². The van der Waals surface area contributed by atoms with Crippen molar-refractivity contribution in [2.24, 2.45) is 5.92 Å². The number of nitrogens with zero attached hydrogens (tertiary/aromatic N) is 3. The van der Waals surface area contributed by atoms with Gasteiger partial charge in [-0.25, -0.2) is 4.98 Å². The largest absolute Gasteiger partial charge is 0.355 e. The van der Waals surface area contributed by atoms with Gasteiger partial charge in [0.1, 0.15) is 5.82 Å². The van der Waals surface area contributed by atoms with Crippen molar-refractivity contribution in [3.8, 4) is 11.1 Å². The first-order chi connectivity index (χ1) is 11.3. The predicted octanol–water partition coefficient (Wildman–Crippen LogP) is 2.34. The summed E-state index contributed by atoms with van der Waals surface area (Å²) in [5.41, 5.74) is 4.45. The number of H-pyrrole nitrogens is 1. The van der Waals surface area contributed by atoms with Crippen molar-refractivity contribution in [1.82, 2.24) is 20.5 Å². The standard InChI is InChI=1S/C18H19N5/c1-11-15-6-12(2-4-16(15)22-21-11)13-3-5-18(20-7-13)23-9-14-8-19-17(14)10-23/h2-7,14,17,19H,8-10H2,1H3,(H,21,22). The highest BCUT2D eigenvalue weighted by Crippen LogP contribution is 2.29. The molecular formula is C18H19N5. The molecule has 0 spiro atoms. The maximum absolute atomic E-state index is 4.70.